The summed E-state index contributed by atoms with van der Waals surface area (Å²) < 4.78 is 5.24. The number of carbonyl (C=O) groups excluding carboxylic acids is 3. The Hall–Kier alpha value is -2.37. The molecule has 1 fully saturated rings. The normalized spacial score (nSPS) is 19.3. The number of anilines is 1. The fourth-order valence-electron chi connectivity index (χ4n) is 3.70. The quantitative estimate of drug-likeness (QED) is 0.735. The zero-order chi connectivity index (χ0) is 21.6. The number of rotatable bonds is 6. The molecular formula is C23H34N2O4. The van der Waals surface area contributed by atoms with Gasteiger partial charge >= 0.3 is 5.97 Å². The van der Waals surface area contributed by atoms with Crippen LogP contribution in [-0.2, 0) is 19.1 Å². The molecular weight excluding hydrogens is 368 g/mol. The molecule has 1 N–H and O–H groups in total. The standard InChI is InChI=1S/C23H34N2O4/c1-16-6-12-19(13-7-16)24-20(26)14-25(5)21(27)15-29-22(28)17-8-10-18(11-9-17)23(2,3)4/h6-7,12-13,17-18H,8-11,14-15H2,1-5H3,(H,24,26). The zero-order valence-electron chi connectivity index (χ0n) is 18.3. The van der Waals surface area contributed by atoms with Gasteiger partial charge in [-0.15, -0.1) is 0 Å². The Kier molecular flexibility index (Phi) is 7.82. The lowest BCUT2D eigenvalue weighted by molar-refractivity contribution is -0.156. The molecule has 160 valence electrons. The van der Waals surface area contributed by atoms with E-state index in [1.54, 1.807) is 0 Å². The third-order valence-electron chi connectivity index (χ3n) is 5.77. The van der Waals surface area contributed by atoms with Crippen LogP contribution in [0.3, 0.4) is 0 Å². The largest absolute Gasteiger partial charge is 0.455 e. The molecule has 0 bridgehead atoms. The Bertz CT molecular complexity index is 713. The first-order valence-electron chi connectivity index (χ1n) is 10.3. The second-order valence-corrected chi connectivity index (χ2v) is 9.19. The van der Waals surface area contributed by atoms with Gasteiger partial charge in [0.25, 0.3) is 5.91 Å². The number of hydrogen-bond donors (Lipinski definition) is 1. The number of aryl methyl sites for hydroxylation is 1. The van der Waals surface area contributed by atoms with Crippen LogP contribution < -0.4 is 5.32 Å². The van der Waals surface area contributed by atoms with Crippen LogP contribution in [0.15, 0.2) is 24.3 Å². The smallest absolute Gasteiger partial charge is 0.309 e. The van der Waals surface area contributed by atoms with Gasteiger partial charge in [-0.1, -0.05) is 38.5 Å². The average molecular weight is 403 g/mol. The van der Waals surface area contributed by atoms with Crippen LogP contribution in [0.1, 0.15) is 52.0 Å². The summed E-state index contributed by atoms with van der Waals surface area (Å²) in [6.45, 7) is 8.25. The van der Waals surface area contributed by atoms with E-state index in [9.17, 15) is 14.4 Å². The highest BCUT2D eigenvalue weighted by Gasteiger charge is 2.33. The average Bonchev–Trinajstić information content (AvgIpc) is 2.67. The minimum Gasteiger partial charge on any atom is -0.455 e. The molecule has 0 unspecified atom stereocenters. The third kappa shape index (κ3) is 7.18. The van der Waals surface area contributed by atoms with Crippen molar-refractivity contribution in [3.05, 3.63) is 29.8 Å². The van der Waals surface area contributed by atoms with Crippen molar-refractivity contribution in [2.24, 2.45) is 17.3 Å². The zero-order valence-corrected chi connectivity index (χ0v) is 18.3. The fourth-order valence-corrected chi connectivity index (χ4v) is 3.70. The molecule has 1 aliphatic rings. The van der Waals surface area contributed by atoms with E-state index < -0.39 is 0 Å². The molecule has 1 aromatic rings. The molecule has 0 atom stereocenters. The molecule has 29 heavy (non-hydrogen) atoms. The number of esters is 1. The van der Waals surface area contributed by atoms with Crippen LogP contribution in [0, 0.1) is 24.2 Å². The molecule has 1 aliphatic carbocycles. The molecule has 0 aliphatic heterocycles. The van der Waals surface area contributed by atoms with Crippen LogP contribution in [0.25, 0.3) is 0 Å². The van der Waals surface area contributed by atoms with Gasteiger partial charge in [0.1, 0.15) is 0 Å². The van der Waals surface area contributed by atoms with E-state index in [0.717, 1.165) is 31.2 Å². The first-order valence-corrected chi connectivity index (χ1v) is 10.3. The van der Waals surface area contributed by atoms with E-state index in [2.05, 4.69) is 26.1 Å². The van der Waals surface area contributed by atoms with Crippen molar-refractivity contribution >= 4 is 23.5 Å². The van der Waals surface area contributed by atoms with Crippen molar-refractivity contribution in [3.8, 4) is 0 Å². The number of ether oxygens (including phenoxy) is 1. The molecule has 0 saturated heterocycles. The summed E-state index contributed by atoms with van der Waals surface area (Å²) in [6, 6.07) is 7.42. The summed E-state index contributed by atoms with van der Waals surface area (Å²) in [5.41, 5.74) is 2.04. The topological polar surface area (TPSA) is 75.7 Å². The first kappa shape index (κ1) is 22.9. The Morgan fingerprint density at radius 3 is 2.21 bits per heavy atom. The molecule has 2 rings (SSSR count). The van der Waals surface area contributed by atoms with Crippen molar-refractivity contribution in [3.63, 3.8) is 0 Å². The second-order valence-electron chi connectivity index (χ2n) is 9.19. The number of carbonyl (C=O) groups is 3. The van der Waals surface area contributed by atoms with Crippen LogP contribution in [0.5, 0.6) is 0 Å². The van der Waals surface area contributed by atoms with Gasteiger partial charge in [0, 0.05) is 12.7 Å². The van der Waals surface area contributed by atoms with Gasteiger partial charge < -0.3 is 15.0 Å². The Morgan fingerprint density at radius 2 is 1.66 bits per heavy atom. The second kappa shape index (κ2) is 9.90. The van der Waals surface area contributed by atoms with Gasteiger partial charge in [-0.3, -0.25) is 14.4 Å². The molecule has 1 aromatic carbocycles. The van der Waals surface area contributed by atoms with E-state index in [4.69, 9.17) is 4.74 Å². The Morgan fingerprint density at radius 1 is 1.07 bits per heavy atom. The molecule has 0 spiro atoms. The Labute approximate surface area is 174 Å². The van der Waals surface area contributed by atoms with Crippen molar-refractivity contribution in [1.82, 2.24) is 4.90 Å². The van der Waals surface area contributed by atoms with Crippen molar-refractivity contribution in [1.29, 1.82) is 0 Å². The van der Waals surface area contributed by atoms with Gasteiger partial charge in [0.2, 0.25) is 5.91 Å². The van der Waals surface area contributed by atoms with Gasteiger partial charge in [0.05, 0.1) is 12.5 Å². The first-order chi connectivity index (χ1) is 13.6. The highest BCUT2D eigenvalue weighted by atomic mass is 16.5. The minimum absolute atomic E-state index is 0.0963. The summed E-state index contributed by atoms with van der Waals surface area (Å²) in [7, 11) is 1.53. The van der Waals surface area contributed by atoms with Crippen molar-refractivity contribution < 1.29 is 19.1 Å². The van der Waals surface area contributed by atoms with Gasteiger partial charge in [0.15, 0.2) is 6.61 Å². The van der Waals surface area contributed by atoms with E-state index >= 15 is 0 Å². The lowest BCUT2D eigenvalue weighted by Crippen LogP contribution is -2.38. The highest BCUT2D eigenvalue weighted by molar-refractivity contribution is 5.94. The number of nitrogens with zero attached hydrogens (tertiary/aromatic N) is 1. The van der Waals surface area contributed by atoms with Crippen LogP contribution >= 0.6 is 0 Å². The van der Waals surface area contributed by atoms with Crippen LogP contribution in [-0.4, -0.2) is 42.9 Å². The van der Waals surface area contributed by atoms with Gasteiger partial charge in [-0.05, 0) is 56.1 Å². The van der Waals surface area contributed by atoms with E-state index in [1.165, 1.54) is 11.9 Å². The molecule has 2 amide bonds. The van der Waals surface area contributed by atoms with E-state index in [1.807, 2.05) is 31.2 Å². The maximum atomic E-state index is 12.3. The number of nitrogens with one attached hydrogen (secondary N) is 1. The third-order valence-corrected chi connectivity index (χ3v) is 5.77. The van der Waals surface area contributed by atoms with Gasteiger partial charge in [-0.25, -0.2) is 0 Å². The highest BCUT2D eigenvalue weighted by Crippen LogP contribution is 2.40. The SMILES string of the molecule is Cc1ccc(NC(=O)CN(C)C(=O)COC(=O)C2CCC(C(C)(C)C)CC2)cc1. The van der Waals surface area contributed by atoms with Gasteiger partial charge in [-0.2, -0.15) is 0 Å². The predicted molar refractivity (Wildman–Crippen MR) is 113 cm³/mol. The molecule has 1 saturated carbocycles. The summed E-state index contributed by atoms with van der Waals surface area (Å²) in [4.78, 5) is 37.9. The number of likely N-dealkylation sites (N-methyl/N-ethyl adjacent to an activating group) is 1. The van der Waals surface area contributed by atoms with Crippen LogP contribution in [0.4, 0.5) is 5.69 Å². The number of benzene rings is 1. The molecule has 6 nitrogen and oxygen atoms in total. The van der Waals surface area contributed by atoms with E-state index in [0.29, 0.717) is 11.6 Å². The summed E-state index contributed by atoms with van der Waals surface area (Å²) >= 11 is 0. The maximum absolute atomic E-state index is 12.3. The maximum Gasteiger partial charge on any atom is 0.309 e. The van der Waals surface area contributed by atoms with E-state index in [-0.39, 0.29) is 42.3 Å². The predicted octanol–water partition coefficient (Wildman–Crippen LogP) is 3.79. The number of hydrogen-bond acceptors (Lipinski definition) is 4. The van der Waals surface area contributed by atoms with Crippen molar-refractivity contribution in [2.75, 3.05) is 25.5 Å². The number of amides is 2. The molecule has 6 heteroatoms. The molecule has 0 radical (unpaired) electrons. The lowest BCUT2D eigenvalue weighted by Gasteiger charge is -2.36. The lowest BCUT2D eigenvalue weighted by atomic mass is 9.70. The summed E-state index contributed by atoms with van der Waals surface area (Å²) in [6.07, 6.45) is 3.64. The summed E-state index contributed by atoms with van der Waals surface area (Å²) in [5, 5.41) is 2.75. The fraction of sp³-hybridized carbons (Fsp3) is 0.609. The summed E-state index contributed by atoms with van der Waals surface area (Å²) in [5.74, 6) is -0.497. The molecule has 0 aromatic heterocycles. The molecule has 0 heterocycles. The van der Waals surface area contributed by atoms with Crippen molar-refractivity contribution in [2.45, 2.75) is 53.4 Å². The Balaban J connectivity index is 1.72. The monoisotopic (exact) mass is 402 g/mol. The minimum atomic E-state index is -0.388. The van der Waals surface area contributed by atoms with Crippen LogP contribution in [0.2, 0.25) is 0 Å².